The molecule has 0 aromatic rings. The van der Waals surface area contributed by atoms with Gasteiger partial charge < -0.3 is 0 Å². The van der Waals surface area contributed by atoms with Crippen molar-refractivity contribution in [1.82, 2.24) is 0 Å². The fourth-order valence-electron chi connectivity index (χ4n) is 4.34. The minimum atomic E-state index is -1.70. The van der Waals surface area contributed by atoms with E-state index < -0.39 is 26.8 Å². The van der Waals surface area contributed by atoms with E-state index in [0.717, 1.165) is 0 Å². The van der Waals surface area contributed by atoms with Crippen LogP contribution in [-0.4, -0.2) is 5.92 Å². The Hall–Kier alpha value is 0.0600. The molecule has 0 spiro atoms. The van der Waals surface area contributed by atoms with Crippen molar-refractivity contribution in [3.63, 3.8) is 0 Å². The van der Waals surface area contributed by atoms with Gasteiger partial charge in [-0.15, -0.1) is 0 Å². The van der Waals surface area contributed by atoms with Crippen molar-refractivity contribution in [1.29, 1.82) is 0 Å². The molecule has 0 heterocycles. The summed E-state index contributed by atoms with van der Waals surface area (Å²) >= 11 is -1.70. The molecule has 0 aromatic carbocycles. The Balaban J connectivity index is 2.58. The van der Waals surface area contributed by atoms with E-state index in [-0.39, 0.29) is 0 Å². The van der Waals surface area contributed by atoms with Crippen LogP contribution in [0.15, 0.2) is 46.6 Å². The summed E-state index contributed by atoms with van der Waals surface area (Å²) in [6.07, 6.45) is 9.86. The van der Waals surface area contributed by atoms with Crippen LogP contribution in [0.25, 0.3) is 0 Å². The Morgan fingerprint density at radius 3 is 1.95 bits per heavy atom. The summed E-state index contributed by atoms with van der Waals surface area (Å²) in [6.45, 7) is 19.7. The van der Waals surface area contributed by atoms with Gasteiger partial charge in [-0.05, 0) is 0 Å². The van der Waals surface area contributed by atoms with Crippen molar-refractivity contribution < 1.29 is 20.9 Å². The molecule has 2 unspecified atom stereocenters. The molecule has 0 fully saturated rings. The number of rotatable bonds is 3. The van der Waals surface area contributed by atoms with Crippen molar-refractivity contribution >= 4 is 5.92 Å². The topological polar surface area (TPSA) is 0 Å². The summed E-state index contributed by atoms with van der Waals surface area (Å²) < 4.78 is 0.857. The van der Waals surface area contributed by atoms with E-state index >= 15 is 0 Å². The van der Waals surface area contributed by atoms with Crippen molar-refractivity contribution in [2.75, 3.05) is 0 Å². The molecule has 0 aromatic heterocycles. The van der Waals surface area contributed by atoms with Gasteiger partial charge in [0.1, 0.15) is 0 Å². The molecule has 2 aliphatic rings. The second-order valence-electron chi connectivity index (χ2n) is 7.26. The number of hydrogen-bond donors (Lipinski definition) is 0. The summed E-state index contributed by atoms with van der Waals surface area (Å²) in [4.78, 5) is 0. The minimum absolute atomic E-state index is 0.426. The van der Waals surface area contributed by atoms with Crippen LogP contribution in [0.3, 0.4) is 0 Å². The van der Waals surface area contributed by atoms with Gasteiger partial charge in [-0.25, -0.2) is 0 Å². The average Bonchev–Trinajstić information content (AvgIpc) is 2.75. The van der Waals surface area contributed by atoms with Gasteiger partial charge in [-0.1, -0.05) is 0 Å². The van der Waals surface area contributed by atoms with Gasteiger partial charge in [0.05, 0.1) is 0 Å². The Morgan fingerprint density at radius 2 is 1.60 bits per heavy atom. The monoisotopic (exact) mass is 363 g/mol. The molecule has 109 valence electrons. The van der Waals surface area contributed by atoms with E-state index in [4.69, 9.17) is 0 Å². The van der Waals surface area contributed by atoms with E-state index in [1.54, 1.807) is 16.7 Å². The molecule has 20 heavy (non-hydrogen) atoms. The Labute approximate surface area is 134 Å². The van der Waals surface area contributed by atoms with E-state index in [9.17, 15) is 0 Å². The number of hydrogen-bond acceptors (Lipinski definition) is 0. The summed E-state index contributed by atoms with van der Waals surface area (Å²) in [5.74, 6) is -0.632. The third-order valence-electron chi connectivity index (χ3n) is 5.73. The SMILES string of the molecule is CC1=C[C](C)([Zr]([SiH](C)C)[C]2(C)C=CC=C2C)C(C)=C1C. The summed E-state index contributed by atoms with van der Waals surface area (Å²) in [5, 5.41) is 0. The van der Waals surface area contributed by atoms with Gasteiger partial charge in [0.2, 0.25) is 0 Å². The molecular formula is C18H29SiZr. The fourth-order valence-corrected chi connectivity index (χ4v) is 35.1. The first-order valence-corrected chi connectivity index (χ1v) is 17.4. The van der Waals surface area contributed by atoms with Gasteiger partial charge >= 0.3 is 134 Å². The molecule has 0 saturated carbocycles. The molecule has 0 amide bonds. The van der Waals surface area contributed by atoms with Crippen LogP contribution in [0, 0.1) is 0 Å². The molecule has 2 aliphatic carbocycles. The first kappa shape index (κ1) is 16.4. The van der Waals surface area contributed by atoms with Crippen LogP contribution in [0.4, 0.5) is 0 Å². The van der Waals surface area contributed by atoms with Crippen LogP contribution in [-0.2, 0) is 20.9 Å². The van der Waals surface area contributed by atoms with Gasteiger partial charge in [0.15, 0.2) is 0 Å². The molecule has 2 rings (SSSR count). The molecule has 2 atom stereocenters. The summed E-state index contributed by atoms with van der Waals surface area (Å²) in [5.41, 5.74) is 6.40. The maximum absolute atomic E-state index is 2.64. The van der Waals surface area contributed by atoms with E-state index in [1.807, 2.05) is 0 Å². The molecule has 0 aliphatic heterocycles. The molecule has 0 nitrogen and oxygen atoms in total. The predicted octanol–water partition coefficient (Wildman–Crippen LogP) is 5.76. The molecule has 0 bridgehead atoms. The molecule has 0 N–H and O–H groups in total. The maximum atomic E-state index is 2.64. The van der Waals surface area contributed by atoms with Crippen molar-refractivity contribution in [3.8, 4) is 0 Å². The van der Waals surface area contributed by atoms with E-state index in [0.29, 0.717) is 6.25 Å². The van der Waals surface area contributed by atoms with Crippen LogP contribution in [0.5, 0.6) is 0 Å². The van der Waals surface area contributed by atoms with Crippen molar-refractivity contribution in [2.45, 2.75) is 60.9 Å². The van der Waals surface area contributed by atoms with Gasteiger partial charge in [-0.2, -0.15) is 0 Å². The Morgan fingerprint density at radius 1 is 1.00 bits per heavy atom. The second kappa shape index (κ2) is 5.36. The zero-order valence-corrected chi connectivity index (χ0v) is 18.0. The molecule has 0 radical (unpaired) electrons. The van der Waals surface area contributed by atoms with Crippen LogP contribution < -0.4 is 0 Å². The average molecular weight is 365 g/mol. The quantitative estimate of drug-likeness (QED) is 0.559. The zero-order chi connectivity index (χ0) is 15.3. The number of allylic oxidation sites excluding steroid dienone is 8. The fraction of sp³-hybridized carbons (Fsp3) is 0.556. The standard InChI is InChI=1S/C9H13.C7H9.C2H7Si.Zr/c1-6-5-7(2)9(4)8(6)3;1-6-4-3-5-7(6)2;1-3-2;/h5H,1-4H3;3-5H,1-2H3;3H,1-2H3;. The van der Waals surface area contributed by atoms with E-state index in [2.05, 4.69) is 78.9 Å². The third-order valence-corrected chi connectivity index (χ3v) is 30.7. The Kier molecular flexibility index (Phi) is 4.40. The summed E-state index contributed by atoms with van der Waals surface area (Å²) in [6, 6.07) is 0. The summed E-state index contributed by atoms with van der Waals surface area (Å²) in [7, 11) is 0. The molecule has 2 heteroatoms. The van der Waals surface area contributed by atoms with Gasteiger partial charge in [0.25, 0.3) is 0 Å². The second-order valence-corrected chi connectivity index (χ2v) is 28.6. The van der Waals surface area contributed by atoms with Crippen LogP contribution in [0.1, 0.15) is 41.5 Å². The molecule has 0 saturated heterocycles. The zero-order valence-electron chi connectivity index (χ0n) is 14.4. The van der Waals surface area contributed by atoms with Crippen LogP contribution >= 0.6 is 0 Å². The predicted molar refractivity (Wildman–Crippen MR) is 90.6 cm³/mol. The van der Waals surface area contributed by atoms with Crippen molar-refractivity contribution in [2.24, 2.45) is 0 Å². The third kappa shape index (κ3) is 2.28. The van der Waals surface area contributed by atoms with Gasteiger partial charge in [0, 0.05) is 0 Å². The first-order chi connectivity index (χ1) is 9.14. The normalized spacial score (nSPS) is 33.0. The molecular weight excluding hydrogens is 336 g/mol. The van der Waals surface area contributed by atoms with E-state index in [1.165, 1.54) is 5.57 Å². The first-order valence-electron chi connectivity index (χ1n) is 7.76. The van der Waals surface area contributed by atoms with Gasteiger partial charge in [-0.3, -0.25) is 0 Å². The van der Waals surface area contributed by atoms with Crippen LogP contribution in [0.2, 0.25) is 19.3 Å². The Bertz CT molecular complexity index is 550. The van der Waals surface area contributed by atoms with Crippen molar-refractivity contribution in [3.05, 3.63) is 46.6 Å².